The Morgan fingerprint density at radius 3 is 2.25 bits per heavy atom. The van der Waals surface area contributed by atoms with Crippen molar-refractivity contribution in [3.8, 4) is 11.3 Å². The van der Waals surface area contributed by atoms with E-state index in [4.69, 9.17) is 17.3 Å². The van der Waals surface area contributed by atoms with Crippen molar-refractivity contribution in [2.24, 2.45) is 0 Å². The molecule has 1 fully saturated rings. The largest absolute Gasteiger partial charge is 0.397 e. The summed E-state index contributed by atoms with van der Waals surface area (Å²) in [4.78, 5) is 19.2. The van der Waals surface area contributed by atoms with Gasteiger partial charge in [0, 0.05) is 48.5 Å². The van der Waals surface area contributed by atoms with Crippen LogP contribution in [0.1, 0.15) is 10.4 Å². The number of fused-ring (bicyclic) bond motifs is 1. The molecule has 1 aliphatic heterocycles. The van der Waals surface area contributed by atoms with E-state index in [0.717, 1.165) is 16.3 Å². The molecule has 0 saturated carbocycles. The summed E-state index contributed by atoms with van der Waals surface area (Å²) in [6, 6.07) is 21.0. The lowest BCUT2D eigenvalue weighted by Gasteiger charge is -2.34. The standard InChI is InChI=1S/C26H23ClN4O3S.ClH/c27-22-9-7-21-17-23(10-8-20(21)16-22)35(33,34)31-14-12-30(13-15-31)26(32)19-5-3-18(4-6-19)25-24(28)2-1-11-29-25;/h1-11,16-17H,12-15,28H2;1H. The number of carbonyl (C=O) groups excluding carboxylic acids is 1. The fraction of sp³-hybridized carbons (Fsp3) is 0.154. The maximum atomic E-state index is 13.2. The van der Waals surface area contributed by atoms with E-state index >= 15 is 0 Å². The third-order valence-corrected chi connectivity index (χ3v) is 8.31. The first kappa shape index (κ1) is 25.9. The first-order valence-electron chi connectivity index (χ1n) is 11.1. The average molecular weight is 543 g/mol. The van der Waals surface area contributed by atoms with Crippen LogP contribution in [-0.4, -0.2) is 54.7 Å². The number of rotatable bonds is 4. The lowest BCUT2D eigenvalue weighted by molar-refractivity contribution is 0.0698. The number of halogens is 2. The number of amides is 1. The van der Waals surface area contributed by atoms with Crippen LogP contribution in [0, 0.1) is 0 Å². The zero-order valence-electron chi connectivity index (χ0n) is 19.2. The van der Waals surface area contributed by atoms with Gasteiger partial charge in [-0.25, -0.2) is 8.42 Å². The van der Waals surface area contributed by atoms with Crippen LogP contribution in [0.15, 0.2) is 83.9 Å². The van der Waals surface area contributed by atoms with Crippen molar-refractivity contribution in [1.29, 1.82) is 0 Å². The average Bonchev–Trinajstić information content (AvgIpc) is 2.88. The highest BCUT2D eigenvalue weighted by Crippen LogP contribution is 2.26. The number of nitrogens with zero attached hydrogens (tertiary/aromatic N) is 3. The highest BCUT2D eigenvalue weighted by Gasteiger charge is 2.30. The lowest BCUT2D eigenvalue weighted by atomic mass is 10.1. The normalized spacial score (nSPS) is 14.4. The van der Waals surface area contributed by atoms with E-state index in [2.05, 4.69) is 4.98 Å². The number of piperazine rings is 1. The Labute approximate surface area is 221 Å². The zero-order chi connectivity index (χ0) is 24.6. The van der Waals surface area contributed by atoms with Crippen LogP contribution in [0.4, 0.5) is 5.69 Å². The van der Waals surface area contributed by atoms with Gasteiger partial charge in [-0.2, -0.15) is 4.31 Å². The molecule has 0 spiro atoms. The third-order valence-electron chi connectivity index (χ3n) is 6.18. The SMILES string of the molecule is Cl.Nc1cccnc1-c1ccc(C(=O)N2CCN(S(=O)(=O)c3ccc4cc(Cl)ccc4c3)CC2)cc1. The minimum Gasteiger partial charge on any atom is -0.397 e. The minimum absolute atomic E-state index is 0. The van der Waals surface area contributed by atoms with Crippen molar-refractivity contribution in [2.45, 2.75) is 4.90 Å². The second-order valence-electron chi connectivity index (χ2n) is 8.37. The molecule has 1 aromatic heterocycles. The Balaban J connectivity index is 0.00000304. The van der Waals surface area contributed by atoms with Crippen molar-refractivity contribution in [2.75, 3.05) is 31.9 Å². The summed E-state index contributed by atoms with van der Waals surface area (Å²) in [7, 11) is -3.67. The Hall–Kier alpha value is -3.17. The van der Waals surface area contributed by atoms with E-state index in [1.807, 2.05) is 12.1 Å². The molecule has 36 heavy (non-hydrogen) atoms. The van der Waals surface area contributed by atoms with Crippen molar-refractivity contribution in [3.05, 3.63) is 89.6 Å². The van der Waals surface area contributed by atoms with E-state index in [0.29, 0.717) is 35.1 Å². The number of anilines is 1. The first-order chi connectivity index (χ1) is 16.8. The summed E-state index contributed by atoms with van der Waals surface area (Å²) in [6.07, 6.45) is 1.67. The molecule has 0 atom stereocenters. The quantitative estimate of drug-likeness (QED) is 0.403. The summed E-state index contributed by atoms with van der Waals surface area (Å²) < 4.78 is 27.9. The van der Waals surface area contributed by atoms with E-state index < -0.39 is 10.0 Å². The summed E-state index contributed by atoms with van der Waals surface area (Å²) in [5.74, 6) is -0.134. The van der Waals surface area contributed by atoms with Gasteiger partial charge in [-0.1, -0.05) is 35.9 Å². The summed E-state index contributed by atoms with van der Waals surface area (Å²) >= 11 is 6.03. The monoisotopic (exact) mass is 542 g/mol. The predicted molar refractivity (Wildman–Crippen MR) is 145 cm³/mol. The van der Waals surface area contributed by atoms with Crippen LogP contribution in [0.2, 0.25) is 5.02 Å². The van der Waals surface area contributed by atoms with E-state index in [-0.39, 0.29) is 36.3 Å². The molecule has 186 valence electrons. The van der Waals surface area contributed by atoms with Crippen LogP contribution in [0.25, 0.3) is 22.0 Å². The number of benzene rings is 3. The molecule has 1 saturated heterocycles. The van der Waals surface area contributed by atoms with Crippen LogP contribution in [0.5, 0.6) is 0 Å². The molecule has 1 amide bonds. The second kappa shape index (κ2) is 10.4. The number of hydrogen-bond donors (Lipinski definition) is 1. The molecule has 3 aromatic carbocycles. The topological polar surface area (TPSA) is 96.6 Å². The lowest BCUT2D eigenvalue weighted by Crippen LogP contribution is -2.50. The van der Waals surface area contributed by atoms with E-state index in [1.165, 1.54) is 4.31 Å². The maximum Gasteiger partial charge on any atom is 0.253 e. The number of pyridine rings is 1. The van der Waals surface area contributed by atoms with Gasteiger partial charge in [0.1, 0.15) is 0 Å². The molecule has 0 radical (unpaired) electrons. The predicted octanol–water partition coefficient (Wildman–Crippen LogP) is 4.71. The molecule has 2 N–H and O–H groups in total. The van der Waals surface area contributed by atoms with Crippen molar-refractivity contribution >= 4 is 56.4 Å². The van der Waals surface area contributed by atoms with Gasteiger partial charge >= 0.3 is 0 Å². The highest BCUT2D eigenvalue weighted by atomic mass is 35.5. The third kappa shape index (κ3) is 5.03. The van der Waals surface area contributed by atoms with Gasteiger partial charge in [0.05, 0.1) is 16.3 Å². The molecule has 5 rings (SSSR count). The first-order valence-corrected chi connectivity index (χ1v) is 12.9. The summed E-state index contributed by atoms with van der Waals surface area (Å²) in [5, 5.41) is 2.29. The Kier molecular flexibility index (Phi) is 7.51. The van der Waals surface area contributed by atoms with Gasteiger partial charge in [0.15, 0.2) is 0 Å². The molecule has 0 aliphatic carbocycles. The van der Waals surface area contributed by atoms with Crippen molar-refractivity contribution in [3.63, 3.8) is 0 Å². The Morgan fingerprint density at radius 1 is 0.889 bits per heavy atom. The summed E-state index contributed by atoms with van der Waals surface area (Å²) in [6.45, 7) is 1.09. The van der Waals surface area contributed by atoms with Gasteiger partial charge in [-0.15, -0.1) is 12.4 Å². The second-order valence-corrected chi connectivity index (χ2v) is 10.7. The van der Waals surface area contributed by atoms with Crippen LogP contribution < -0.4 is 5.73 Å². The van der Waals surface area contributed by atoms with Crippen molar-refractivity contribution in [1.82, 2.24) is 14.2 Å². The maximum absolute atomic E-state index is 13.2. The summed E-state index contributed by atoms with van der Waals surface area (Å²) in [5.41, 5.74) is 8.59. The van der Waals surface area contributed by atoms with Gasteiger partial charge in [0.2, 0.25) is 10.0 Å². The Bertz CT molecular complexity index is 1520. The molecule has 7 nitrogen and oxygen atoms in total. The smallest absolute Gasteiger partial charge is 0.253 e. The molecular formula is C26H24Cl2N4O3S. The van der Waals surface area contributed by atoms with Crippen LogP contribution in [-0.2, 0) is 10.0 Å². The van der Waals surface area contributed by atoms with Crippen LogP contribution >= 0.6 is 24.0 Å². The minimum atomic E-state index is -3.67. The number of nitrogen functional groups attached to an aromatic ring is 1. The van der Waals surface area contributed by atoms with Crippen LogP contribution in [0.3, 0.4) is 0 Å². The molecule has 10 heteroatoms. The fourth-order valence-electron chi connectivity index (χ4n) is 4.25. The number of hydrogen-bond acceptors (Lipinski definition) is 5. The molecule has 0 bridgehead atoms. The zero-order valence-corrected chi connectivity index (χ0v) is 21.6. The number of carbonyl (C=O) groups is 1. The van der Waals surface area contributed by atoms with Gasteiger partial charge in [0.25, 0.3) is 5.91 Å². The fourth-order valence-corrected chi connectivity index (χ4v) is 5.89. The number of nitrogens with two attached hydrogens (primary N) is 1. The Morgan fingerprint density at radius 2 is 1.56 bits per heavy atom. The van der Waals surface area contributed by atoms with E-state index in [9.17, 15) is 13.2 Å². The number of sulfonamides is 1. The van der Waals surface area contributed by atoms with Gasteiger partial charge in [-0.05, 0) is 59.3 Å². The van der Waals surface area contributed by atoms with Crippen molar-refractivity contribution < 1.29 is 13.2 Å². The van der Waals surface area contributed by atoms with E-state index in [1.54, 1.807) is 71.8 Å². The molecule has 4 aromatic rings. The van der Waals surface area contributed by atoms with Gasteiger partial charge in [-0.3, -0.25) is 9.78 Å². The molecule has 2 heterocycles. The molecule has 0 unspecified atom stereocenters. The highest BCUT2D eigenvalue weighted by molar-refractivity contribution is 7.89. The molecule has 1 aliphatic rings. The molecular weight excluding hydrogens is 519 g/mol. The van der Waals surface area contributed by atoms with Gasteiger partial charge < -0.3 is 10.6 Å². The number of aromatic nitrogens is 1.